The second-order valence-corrected chi connectivity index (χ2v) is 8.28. The number of carbonyl (C=O) groups excluding carboxylic acids is 1. The average molecular weight is 392 g/mol. The molecule has 1 amide bonds. The summed E-state index contributed by atoms with van der Waals surface area (Å²) in [5.74, 6) is -0.198. The fourth-order valence-electron chi connectivity index (χ4n) is 2.80. The molecule has 0 radical (unpaired) electrons. The van der Waals surface area contributed by atoms with Crippen LogP contribution in [0, 0.1) is 12.7 Å². The van der Waals surface area contributed by atoms with Gasteiger partial charge < -0.3 is 9.64 Å². The van der Waals surface area contributed by atoms with Gasteiger partial charge in [0.15, 0.2) is 6.61 Å². The number of sulfonamides is 1. The number of carbonyl (C=O) groups is 1. The summed E-state index contributed by atoms with van der Waals surface area (Å²) in [5, 5.41) is 0. The molecule has 0 atom stereocenters. The molecular formula is C19H21FN2O4S. The number of hydrogen-bond donors (Lipinski definition) is 0. The van der Waals surface area contributed by atoms with E-state index >= 15 is 0 Å². The summed E-state index contributed by atoms with van der Waals surface area (Å²) in [6.07, 6.45) is 0. The van der Waals surface area contributed by atoms with E-state index in [1.807, 2.05) is 6.92 Å². The number of halogens is 1. The molecule has 0 bridgehead atoms. The van der Waals surface area contributed by atoms with Gasteiger partial charge >= 0.3 is 0 Å². The Morgan fingerprint density at radius 1 is 1.00 bits per heavy atom. The van der Waals surface area contributed by atoms with Crippen molar-refractivity contribution in [1.82, 2.24) is 9.21 Å². The number of rotatable bonds is 5. The zero-order valence-electron chi connectivity index (χ0n) is 15.0. The summed E-state index contributed by atoms with van der Waals surface area (Å²) in [5.41, 5.74) is 0.991. The molecule has 1 saturated heterocycles. The van der Waals surface area contributed by atoms with Gasteiger partial charge in [-0.3, -0.25) is 4.79 Å². The molecule has 1 fully saturated rings. The normalized spacial score (nSPS) is 15.6. The lowest BCUT2D eigenvalue weighted by Gasteiger charge is -2.34. The molecule has 0 N–H and O–H groups in total. The summed E-state index contributed by atoms with van der Waals surface area (Å²) < 4.78 is 45.0. The number of aryl methyl sites for hydroxylation is 1. The highest BCUT2D eigenvalue weighted by Crippen LogP contribution is 2.18. The molecule has 1 heterocycles. The van der Waals surface area contributed by atoms with Gasteiger partial charge in [-0.05, 0) is 43.3 Å². The molecule has 0 saturated carbocycles. The van der Waals surface area contributed by atoms with Crippen molar-refractivity contribution in [2.24, 2.45) is 0 Å². The smallest absolute Gasteiger partial charge is 0.260 e. The van der Waals surface area contributed by atoms with Crippen molar-refractivity contribution < 1.29 is 22.3 Å². The van der Waals surface area contributed by atoms with E-state index in [4.69, 9.17) is 4.74 Å². The largest absolute Gasteiger partial charge is 0.484 e. The van der Waals surface area contributed by atoms with Crippen LogP contribution in [-0.2, 0) is 14.8 Å². The van der Waals surface area contributed by atoms with E-state index in [9.17, 15) is 17.6 Å². The summed E-state index contributed by atoms with van der Waals surface area (Å²) >= 11 is 0. The highest BCUT2D eigenvalue weighted by molar-refractivity contribution is 7.89. The van der Waals surface area contributed by atoms with Crippen LogP contribution >= 0.6 is 0 Å². The lowest BCUT2D eigenvalue weighted by atomic mass is 10.2. The summed E-state index contributed by atoms with van der Waals surface area (Å²) in [6.45, 7) is 2.80. The van der Waals surface area contributed by atoms with Crippen LogP contribution in [0.4, 0.5) is 4.39 Å². The van der Waals surface area contributed by atoms with Crippen molar-refractivity contribution in [3.8, 4) is 5.75 Å². The van der Waals surface area contributed by atoms with Crippen LogP contribution in [0.2, 0.25) is 0 Å². The Kier molecular flexibility index (Phi) is 5.76. The molecule has 0 unspecified atom stereocenters. The fraction of sp³-hybridized carbons (Fsp3) is 0.316. The minimum atomic E-state index is -3.56. The van der Waals surface area contributed by atoms with E-state index in [2.05, 4.69) is 0 Å². The maximum atomic E-state index is 12.9. The number of benzene rings is 2. The summed E-state index contributed by atoms with van der Waals surface area (Å²) in [4.78, 5) is 14.1. The second kappa shape index (κ2) is 8.06. The van der Waals surface area contributed by atoms with Gasteiger partial charge in [-0.2, -0.15) is 4.31 Å². The number of piperazine rings is 1. The molecule has 1 aliphatic heterocycles. The monoisotopic (exact) mass is 392 g/mol. The van der Waals surface area contributed by atoms with E-state index < -0.39 is 10.0 Å². The van der Waals surface area contributed by atoms with Gasteiger partial charge in [-0.25, -0.2) is 12.8 Å². The Morgan fingerprint density at radius 2 is 1.59 bits per heavy atom. The molecule has 144 valence electrons. The lowest BCUT2D eigenvalue weighted by molar-refractivity contribution is -0.134. The fourth-order valence-corrected chi connectivity index (χ4v) is 4.23. The van der Waals surface area contributed by atoms with Crippen LogP contribution in [0.3, 0.4) is 0 Å². The number of hydrogen-bond acceptors (Lipinski definition) is 4. The van der Waals surface area contributed by atoms with Crippen LogP contribution in [0.1, 0.15) is 5.56 Å². The zero-order valence-corrected chi connectivity index (χ0v) is 15.8. The van der Waals surface area contributed by atoms with Crippen molar-refractivity contribution in [1.29, 1.82) is 0 Å². The summed E-state index contributed by atoms with van der Waals surface area (Å²) in [6, 6.07) is 12.1. The minimum Gasteiger partial charge on any atom is -0.484 e. The molecule has 2 aromatic carbocycles. The SMILES string of the molecule is Cc1ccc(S(=O)(=O)N2CCN(C(=O)COc3ccc(F)cc3)CC2)cc1. The highest BCUT2D eigenvalue weighted by Gasteiger charge is 2.30. The van der Waals surface area contributed by atoms with Gasteiger partial charge in [0.2, 0.25) is 10.0 Å². The van der Waals surface area contributed by atoms with E-state index in [1.165, 1.54) is 28.6 Å². The van der Waals surface area contributed by atoms with Crippen molar-refractivity contribution in [2.75, 3.05) is 32.8 Å². The molecule has 6 nitrogen and oxygen atoms in total. The van der Waals surface area contributed by atoms with Crippen LogP contribution in [0.15, 0.2) is 53.4 Å². The second-order valence-electron chi connectivity index (χ2n) is 6.34. The van der Waals surface area contributed by atoms with Crippen molar-refractivity contribution in [2.45, 2.75) is 11.8 Å². The zero-order chi connectivity index (χ0) is 19.4. The molecule has 1 aliphatic rings. The molecule has 0 spiro atoms. The predicted octanol–water partition coefficient (Wildman–Crippen LogP) is 2.05. The van der Waals surface area contributed by atoms with E-state index in [0.717, 1.165) is 5.56 Å². The van der Waals surface area contributed by atoms with Crippen molar-refractivity contribution >= 4 is 15.9 Å². The van der Waals surface area contributed by atoms with Gasteiger partial charge in [0.1, 0.15) is 11.6 Å². The first-order valence-corrected chi connectivity index (χ1v) is 10.0. The van der Waals surface area contributed by atoms with Crippen LogP contribution in [0.25, 0.3) is 0 Å². The van der Waals surface area contributed by atoms with Gasteiger partial charge in [-0.15, -0.1) is 0 Å². The molecule has 3 rings (SSSR count). The van der Waals surface area contributed by atoms with E-state index in [0.29, 0.717) is 18.8 Å². The van der Waals surface area contributed by atoms with E-state index in [-0.39, 0.29) is 36.3 Å². The Morgan fingerprint density at radius 3 is 2.19 bits per heavy atom. The predicted molar refractivity (Wildman–Crippen MR) is 98.4 cm³/mol. The molecule has 27 heavy (non-hydrogen) atoms. The molecular weight excluding hydrogens is 371 g/mol. The number of nitrogens with zero attached hydrogens (tertiary/aromatic N) is 2. The average Bonchev–Trinajstić information content (AvgIpc) is 2.68. The minimum absolute atomic E-state index is 0.170. The molecule has 2 aromatic rings. The standard InChI is InChI=1S/C19H21FN2O4S/c1-15-2-8-18(9-3-15)27(24,25)22-12-10-21(11-13-22)19(23)14-26-17-6-4-16(20)5-7-17/h2-9H,10-14H2,1H3. The first-order valence-electron chi connectivity index (χ1n) is 8.59. The van der Waals surface area contributed by atoms with Crippen LogP contribution < -0.4 is 4.74 Å². The quantitative estimate of drug-likeness (QED) is 0.781. The Hall–Kier alpha value is -2.45. The van der Waals surface area contributed by atoms with Crippen molar-refractivity contribution in [3.63, 3.8) is 0 Å². The molecule has 0 aromatic heterocycles. The Bertz CT molecular complexity index is 890. The Balaban J connectivity index is 1.54. The van der Waals surface area contributed by atoms with Gasteiger partial charge in [0.25, 0.3) is 5.91 Å². The maximum Gasteiger partial charge on any atom is 0.260 e. The first-order chi connectivity index (χ1) is 12.9. The third-order valence-corrected chi connectivity index (χ3v) is 6.34. The third-order valence-electron chi connectivity index (χ3n) is 4.43. The van der Waals surface area contributed by atoms with Gasteiger partial charge in [-0.1, -0.05) is 17.7 Å². The number of amides is 1. The highest BCUT2D eigenvalue weighted by atomic mass is 32.2. The van der Waals surface area contributed by atoms with Gasteiger partial charge in [0.05, 0.1) is 4.90 Å². The van der Waals surface area contributed by atoms with E-state index in [1.54, 1.807) is 29.2 Å². The maximum absolute atomic E-state index is 12.9. The topological polar surface area (TPSA) is 66.9 Å². The third kappa shape index (κ3) is 4.64. The molecule has 8 heteroatoms. The molecule has 0 aliphatic carbocycles. The summed E-state index contributed by atoms with van der Waals surface area (Å²) in [7, 11) is -3.56. The van der Waals surface area contributed by atoms with Crippen molar-refractivity contribution in [3.05, 3.63) is 59.9 Å². The number of ether oxygens (including phenoxy) is 1. The van der Waals surface area contributed by atoms with Gasteiger partial charge in [0, 0.05) is 26.2 Å². The van der Waals surface area contributed by atoms with Crippen LogP contribution in [0.5, 0.6) is 5.75 Å². The van der Waals surface area contributed by atoms with Crippen LogP contribution in [-0.4, -0.2) is 56.3 Å². The first kappa shape index (κ1) is 19.3. The lowest BCUT2D eigenvalue weighted by Crippen LogP contribution is -2.51. The Labute approximate surface area is 158 Å².